The second-order valence-electron chi connectivity index (χ2n) is 6.92. The van der Waals surface area contributed by atoms with E-state index in [-0.39, 0.29) is 11.9 Å². The number of nitrogens with zero attached hydrogens (tertiary/aromatic N) is 1. The molecule has 0 spiro atoms. The highest BCUT2D eigenvalue weighted by atomic mass is 16.5. The molecular formula is C22H22N2O2. The van der Waals surface area contributed by atoms with Crippen molar-refractivity contribution in [3.8, 4) is 11.1 Å². The normalized spacial score (nSPS) is 15.7. The van der Waals surface area contributed by atoms with Crippen LogP contribution in [0.3, 0.4) is 0 Å². The van der Waals surface area contributed by atoms with Gasteiger partial charge in [-0.1, -0.05) is 47.6 Å². The van der Waals surface area contributed by atoms with E-state index in [2.05, 4.69) is 40.8 Å². The summed E-state index contributed by atoms with van der Waals surface area (Å²) in [5, 5.41) is 7.13. The SMILES string of the molecule is Cc1noc(C)c1CC(=O)N[C@H]1CCc2ccc(-c3ccccc3)cc21. The fourth-order valence-corrected chi connectivity index (χ4v) is 3.72. The molecule has 1 atom stereocenters. The third-order valence-electron chi connectivity index (χ3n) is 5.18. The topological polar surface area (TPSA) is 55.1 Å². The predicted molar refractivity (Wildman–Crippen MR) is 101 cm³/mol. The molecule has 26 heavy (non-hydrogen) atoms. The first-order valence-electron chi connectivity index (χ1n) is 9.01. The summed E-state index contributed by atoms with van der Waals surface area (Å²) in [6, 6.07) is 17.0. The van der Waals surface area contributed by atoms with Crippen LogP contribution in [0.2, 0.25) is 0 Å². The molecular weight excluding hydrogens is 324 g/mol. The zero-order chi connectivity index (χ0) is 18.1. The van der Waals surface area contributed by atoms with Gasteiger partial charge in [0.25, 0.3) is 0 Å². The van der Waals surface area contributed by atoms with Crippen molar-refractivity contribution in [1.29, 1.82) is 0 Å². The molecule has 0 radical (unpaired) electrons. The molecule has 4 nitrogen and oxygen atoms in total. The first-order valence-corrected chi connectivity index (χ1v) is 9.01. The third kappa shape index (κ3) is 3.15. The lowest BCUT2D eigenvalue weighted by atomic mass is 9.99. The second kappa shape index (κ2) is 6.79. The number of aromatic nitrogens is 1. The van der Waals surface area contributed by atoms with Gasteiger partial charge in [0.2, 0.25) is 5.91 Å². The molecule has 4 rings (SSSR count). The van der Waals surface area contributed by atoms with Gasteiger partial charge in [-0.25, -0.2) is 0 Å². The third-order valence-corrected chi connectivity index (χ3v) is 5.18. The summed E-state index contributed by atoms with van der Waals surface area (Å²) >= 11 is 0. The van der Waals surface area contributed by atoms with Crippen molar-refractivity contribution in [3.63, 3.8) is 0 Å². The zero-order valence-corrected chi connectivity index (χ0v) is 15.1. The van der Waals surface area contributed by atoms with Gasteiger partial charge in [0.1, 0.15) is 5.76 Å². The van der Waals surface area contributed by atoms with Crippen LogP contribution in [-0.4, -0.2) is 11.1 Å². The van der Waals surface area contributed by atoms with E-state index in [1.54, 1.807) is 0 Å². The molecule has 0 saturated heterocycles. The Hall–Kier alpha value is -2.88. The Morgan fingerprint density at radius 2 is 1.96 bits per heavy atom. The Balaban J connectivity index is 1.53. The van der Waals surface area contributed by atoms with E-state index >= 15 is 0 Å². The Morgan fingerprint density at radius 1 is 1.15 bits per heavy atom. The van der Waals surface area contributed by atoms with Crippen LogP contribution in [0.15, 0.2) is 53.1 Å². The molecule has 2 aromatic carbocycles. The molecule has 1 aromatic heterocycles. The van der Waals surface area contributed by atoms with Crippen LogP contribution in [0.5, 0.6) is 0 Å². The minimum atomic E-state index is 0.0161. The van der Waals surface area contributed by atoms with Crippen molar-refractivity contribution in [3.05, 3.63) is 76.7 Å². The van der Waals surface area contributed by atoms with E-state index in [0.29, 0.717) is 6.42 Å². The van der Waals surface area contributed by atoms with Gasteiger partial charge >= 0.3 is 0 Å². The van der Waals surface area contributed by atoms with Gasteiger partial charge in [-0.2, -0.15) is 0 Å². The highest BCUT2D eigenvalue weighted by Gasteiger charge is 2.25. The largest absolute Gasteiger partial charge is 0.361 e. The van der Waals surface area contributed by atoms with Gasteiger partial charge in [-0.3, -0.25) is 4.79 Å². The quantitative estimate of drug-likeness (QED) is 0.766. The summed E-state index contributed by atoms with van der Waals surface area (Å²) in [5.74, 6) is 0.734. The molecule has 1 N–H and O–H groups in total. The Bertz CT molecular complexity index is 925. The van der Waals surface area contributed by atoms with Crippen LogP contribution in [0.4, 0.5) is 0 Å². The first-order chi connectivity index (χ1) is 12.6. The van der Waals surface area contributed by atoms with Gasteiger partial charge in [0, 0.05) is 5.56 Å². The van der Waals surface area contributed by atoms with Crippen molar-refractivity contribution in [2.75, 3.05) is 0 Å². The molecule has 4 heteroatoms. The maximum Gasteiger partial charge on any atom is 0.225 e. The summed E-state index contributed by atoms with van der Waals surface area (Å²) in [4.78, 5) is 12.6. The summed E-state index contributed by atoms with van der Waals surface area (Å²) in [7, 11) is 0. The van der Waals surface area contributed by atoms with Crippen molar-refractivity contribution in [1.82, 2.24) is 10.5 Å². The van der Waals surface area contributed by atoms with Gasteiger partial charge in [-0.05, 0) is 55.0 Å². The fraction of sp³-hybridized carbons (Fsp3) is 0.273. The van der Waals surface area contributed by atoms with Crippen LogP contribution in [-0.2, 0) is 17.6 Å². The summed E-state index contributed by atoms with van der Waals surface area (Å²) in [6.45, 7) is 3.72. The van der Waals surface area contributed by atoms with Crippen LogP contribution < -0.4 is 5.32 Å². The number of fused-ring (bicyclic) bond motifs is 1. The molecule has 0 unspecified atom stereocenters. The predicted octanol–water partition coefficient (Wildman–Crippen LogP) is 4.30. The Morgan fingerprint density at radius 3 is 2.69 bits per heavy atom. The molecule has 1 aliphatic rings. The van der Waals surface area contributed by atoms with Crippen molar-refractivity contribution < 1.29 is 9.32 Å². The zero-order valence-electron chi connectivity index (χ0n) is 15.1. The highest BCUT2D eigenvalue weighted by molar-refractivity contribution is 5.80. The number of nitrogens with one attached hydrogen (secondary N) is 1. The van der Waals surface area contributed by atoms with Crippen LogP contribution in [0, 0.1) is 13.8 Å². The standard InChI is InChI=1S/C22H22N2O2/c1-14-19(15(2)26-24-14)13-22(25)23-21-11-10-17-8-9-18(12-20(17)21)16-6-4-3-5-7-16/h3-9,12,21H,10-11,13H2,1-2H3,(H,23,25)/t21-/m0/s1. The van der Waals surface area contributed by atoms with E-state index < -0.39 is 0 Å². The molecule has 1 heterocycles. The number of rotatable bonds is 4. The Kier molecular flexibility index (Phi) is 4.33. The molecule has 0 aliphatic heterocycles. The van der Waals surface area contributed by atoms with Crippen LogP contribution in [0.25, 0.3) is 11.1 Å². The average molecular weight is 346 g/mol. The van der Waals surface area contributed by atoms with E-state index in [0.717, 1.165) is 29.9 Å². The van der Waals surface area contributed by atoms with Crippen molar-refractivity contribution in [2.24, 2.45) is 0 Å². The minimum Gasteiger partial charge on any atom is -0.361 e. The second-order valence-corrected chi connectivity index (χ2v) is 6.92. The molecule has 0 fully saturated rings. The van der Waals surface area contributed by atoms with Crippen LogP contribution in [0.1, 0.15) is 40.6 Å². The summed E-state index contributed by atoms with van der Waals surface area (Å²) in [6.07, 6.45) is 2.26. The molecule has 1 aliphatic carbocycles. The molecule has 132 valence electrons. The number of amides is 1. The number of hydrogen-bond acceptors (Lipinski definition) is 3. The van der Waals surface area contributed by atoms with E-state index in [1.807, 2.05) is 32.0 Å². The number of carbonyl (C=O) groups excluding carboxylic acids is 1. The summed E-state index contributed by atoms with van der Waals surface area (Å²) < 4.78 is 5.16. The van der Waals surface area contributed by atoms with Crippen molar-refractivity contribution >= 4 is 5.91 Å². The average Bonchev–Trinajstić information content (AvgIpc) is 3.20. The number of hydrogen-bond donors (Lipinski definition) is 1. The smallest absolute Gasteiger partial charge is 0.225 e. The fourth-order valence-electron chi connectivity index (χ4n) is 3.72. The molecule has 0 saturated carbocycles. The lowest BCUT2D eigenvalue weighted by Gasteiger charge is -2.15. The maximum absolute atomic E-state index is 12.6. The number of carbonyl (C=O) groups is 1. The lowest BCUT2D eigenvalue weighted by Crippen LogP contribution is -2.28. The Labute approximate surface area is 153 Å². The van der Waals surface area contributed by atoms with E-state index in [4.69, 9.17) is 4.52 Å². The molecule has 1 amide bonds. The van der Waals surface area contributed by atoms with E-state index in [9.17, 15) is 4.79 Å². The molecule has 3 aromatic rings. The van der Waals surface area contributed by atoms with Gasteiger partial charge in [0.15, 0.2) is 0 Å². The number of aryl methyl sites for hydroxylation is 3. The monoisotopic (exact) mass is 346 g/mol. The first kappa shape index (κ1) is 16.6. The van der Waals surface area contributed by atoms with Crippen molar-refractivity contribution in [2.45, 2.75) is 39.2 Å². The van der Waals surface area contributed by atoms with Gasteiger partial charge in [0.05, 0.1) is 18.2 Å². The molecule has 0 bridgehead atoms. The highest BCUT2D eigenvalue weighted by Crippen LogP contribution is 2.34. The van der Waals surface area contributed by atoms with Gasteiger partial charge in [-0.15, -0.1) is 0 Å². The lowest BCUT2D eigenvalue weighted by molar-refractivity contribution is -0.121. The van der Waals surface area contributed by atoms with Crippen LogP contribution >= 0.6 is 0 Å². The minimum absolute atomic E-state index is 0.0161. The van der Waals surface area contributed by atoms with E-state index in [1.165, 1.54) is 22.3 Å². The maximum atomic E-state index is 12.6. The number of benzene rings is 2. The summed E-state index contributed by atoms with van der Waals surface area (Å²) in [5.41, 5.74) is 6.62. The van der Waals surface area contributed by atoms with Gasteiger partial charge < -0.3 is 9.84 Å².